The number of ether oxygens (including phenoxy) is 1. The number of nitriles is 1. The predicted molar refractivity (Wildman–Crippen MR) is 154 cm³/mol. The van der Waals surface area contributed by atoms with Crippen LogP contribution in [0.2, 0.25) is 0 Å². The molecule has 0 radical (unpaired) electrons. The summed E-state index contributed by atoms with van der Waals surface area (Å²) in [6, 6.07) is 7.39. The number of anilines is 1. The zero-order valence-electron chi connectivity index (χ0n) is 23.3. The lowest BCUT2D eigenvalue weighted by atomic mass is 9.95. The van der Waals surface area contributed by atoms with Crippen LogP contribution in [-0.4, -0.2) is 69.5 Å². The van der Waals surface area contributed by atoms with Crippen molar-refractivity contribution in [3.8, 4) is 41.4 Å². The molecule has 0 bridgehead atoms. The molecule has 0 spiro atoms. The van der Waals surface area contributed by atoms with Gasteiger partial charge in [0.15, 0.2) is 5.82 Å². The molecule has 3 fully saturated rings. The first-order valence-corrected chi connectivity index (χ1v) is 14.2. The number of fused-ring (bicyclic) bond motifs is 3. The third-order valence-corrected chi connectivity index (χ3v) is 9.08. The number of pyridine rings is 1. The molecule has 3 aliphatic rings. The van der Waals surface area contributed by atoms with Crippen molar-refractivity contribution < 1.29 is 23.0 Å². The molecular formula is C32H27F3N6O2. The third kappa shape index (κ3) is 4.38. The Morgan fingerprint density at radius 2 is 2.12 bits per heavy atom. The van der Waals surface area contributed by atoms with Gasteiger partial charge in [-0.3, -0.25) is 9.88 Å². The molecule has 4 aromatic rings. The number of rotatable bonds is 6. The van der Waals surface area contributed by atoms with Gasteiger partial charge in [-0.15, -0.1) is 6.42 Å². The standard InChI is InChI=1S/C32H27F3N6O2/c1-3-21-24(34)6-5-17-9-20(42)11-22(26(17)21)28-27(35)29-23(14-37-28)30(40(2)25-10-18(25)13-36)39-31(38-29)43-16-32-7-4-8-41(32)15-19(33)12-32/h1,5-6,9,11,14,18-19,25,42H,4,7-8,10,12,15-16H2,2H3/t18-,19-,25+,32+/m1/s1. The van der Waals surface area contributed by atoms with E-state index in [-0.39, 0.29) is 63.4 Å². The monoisotopic (exact) mass is 584 g/mol. The summed E-state index contributed by atoms with van der Waals surface area (Å²) >= 11 is 0. The number of phenols is 1. The van der Waals surface area contributed by atoms with Crippen molar-refractivity contribution in [3.05, 3.63) is 47.7 Å². The highest BCUT2D eigenvalue weighted by atomic mass is 19.1. The fourth-order valence-corrected chi connectivity index (χ4v) is 6.85. The number of benzene rings is 2. The first-order chi connectivity index (χ1) is 20.7. The number of phenolic OH excluding ortho intramolecular Hbond substituents is 1. The summed E-state index contributed by atoms with van der Waals surface area (Å²) in [5, 5.41) is 20.8. The molecular weight excluding hydrogens is 557 g/mol. The van der Waals surface area contributed by atoms with Crippen LogP contribution in [0.25, 0.3) is 32.9 Å². The van der Waals surface area contributed by atoms with Gasteiger partial charge < -0.3 is 14.7 Å². The lowest BCUT2D eigenvalue weighted by Crippen LogP contribution is -2.43. The van der Waals surface area contributed by atoms with E-state index in [4.69, 9.17) is 11.2 Å². The Kier molecular flexibility index (Phi) is 6.33. The molecule has 2 aromatic heterocycles. The molecule has 4 atom stereocenters. The number of aromatic hydroxyl groups is 1. The first kappa shape index (κ1) is 27.2. The molecule has 2 aromatic carbocycles. The summed E-state index contributed by atoms with van der Waals surface area (Å²) in [5.74, 6) is 0.803. The molecule has 0 unspecified atom stereocenters. The zero-order valence-corrected chi connectivity index (χ0v) is 23.3. The van der Waals surface area contributed by atoms with E-state index in [0.717, 1.165) is 19.4 Å². The lowest BCUT2D eigenvalue weighted by molar-refractivity contribution is 0.107. The minimum atomic E-state index is -0.943. The molecule has 2 aliphatic heterocycles. The van der Waals surface area contributed by atoms with E-state index >= 15 is 4.39 Å². The molecule has 218 valence electrons. The molecule has 8 nitrogen and oxygen atoms in total. The van der Waals surface area contributed by atoms with Gasteiger partial charge in [0, 0.05) is 43.2 Å². The van der Waals surface area contributed by atoms with Crippen LogP contribution < -0.4 is 9.64 Å². The van der Waals surface area contributed by atoms with Crippen molar-refractivity contribution in [1.82, 2.24) is 19.9 Å². The summed E-state index contributed by atoms with van der Waals surface area (Å²) in [6.45, 7) is 1.29. The maximum absolute atomic E-state index is 16.6. The van der Waals surface area contributed by atoms with Crippen LogP contribution >= 0.6 is 0 Å². The second kappa shape index (κ2) is 9.99. The number of terminal acetylenes is 1. The highest BCUT2D eigenvalue weighted by molar-refractivity contribution is 6.03. The van der Waals surface area contributed by atoms with Crippen molar-refractivity contribution in [3.63, 3.8) is 0 Å². The average molecular weight is 585 g/mol. The fraction of sp³-hybridized carbons (Fsp3) is 0.375. The van der Waals surface area contributed by atoms with Crippen LogP contribution in [0.1, 0.15) is 31.2 Å². The van der Waals surface area contributed by atoms with Crippen LogP contribution in [0.4, 0.5) is 19.0 Å². The van der Waals surface area contributed by atoms with Gasteiger partial charge in [-0.05, 0) is 49.4 Å². The number of hydrogen-bond donors (Lipinski definition) is 1. The van der Waals surface area contributed by atoms with E-state index in [9.17, 15) is 19.1 Å². The molecule has 7 rings (SSSR count). The Balaban J connectivity index is 1.38. The van der Waals surface area contributed by atoms with E-state index in [1.807, 2.05) is 0 Å². The third-order valence-electron chi connectivity index (χ3n) is 9.08. The maximum Gasteiger partial charge on any atom is 0.319 e. The highest BCUT2D eigenvalue weighted by Gasteiger charge is 2.49. The summed E-state index contributed by atoms with van der Waals surface area (Å²) in [4.78, 5) is 17.4. The van der Waals surface area contributed by atoms with E-state index in [2.05, 4.69) is 31.8 Å². The number of aromatic nitrogens is 3. The molecule has 43 heavy (non-hydrogen) atoms. The summed E-state index contributed by atoms with van der Waals surface area (Å²) in [7, 11) is 1.77. The molecule has 2 saturated heterocycles. The van der Waals surface area contributed by atoms with Gasteiger partial charge in [-0.2, -0.15) is 15.2 Å². The topological polar surface area (TPSA) is 98.4 Å². The second-order valence-corrected chi connectivity index (χ2v) is 11.7. The Bertz CT molecular complexity index is 1890. The number of nitrogens with zero attached hydrogens (tertiary/aromatic N) is 6. The van der Waals surface area contributed by atoms with Gasteiger partial charge in [-0.1, -0.05) is 12.0 Å². The summed E-state index contributed by atoms with van der Waals surface area (Å²) < 4.78 is 51.8. The first-order valence-electron chi connectivity index (χ1n) is 14.2. The minimum absolute atomic E-state index is 0.0830. The normalized spacial score (nSPS) is 24.6. The van der Waals surface area contributed by atoms with Crippen LogP contribution in [0.5, 0.6) is 11.8 Å². The molecule has 11 heteroatoms. The number of alkyl halides is 1. The van der Waals surface area contributed by atoms with Crippen LogP contribution in [0, 0.1) is 41.2 Å². The highest BCUT2D eigenvalue weighted by Crippen LogP contribution is 2.43. The number of halogens is 3. The minimum Gasteiger partial charge on any atom is -0.508 e. The Morgan fingerprint density at radius 1 is 1.28 bits per heavy atom. The van der Waals surface area contributed by atoms with Crippen LogP contribution in [0.15, 0.2) is 30.5 Å². The Labute approximate surface area is 245 Å². The van der Waals surface area contributed by atoms with Crippen molar-refractivity contribution in [2.75, 3.05) is 31.6 Å². The summed E-state index contributed by atoms with van der Waals surface area (Å²) in [5.41, 5.74) is -0.738. The van der Waals surface area contributed by atoms with Gasteiger partial charge in [0.25, 0.3) is 0 Å². The SMILES string of the molecule is C#Cc1c(F)ccc2cc(O)cc(-c3ncc4c(N(C)[C@H]5C[C@@H]5C#N)nc(OC[C@@]56CCCN5C[C@H](F)C6)nc4c3F)c12. The number of hydrogen-bond acceptors (Lipinski definition) is 8. The smallest absolute Gasteiger partial charge is 0.319 e. The molecule has 1 aliphatic carbocycles. The largest absolute Gasteiger partial charge is 0.508 e. The van der Waals surface area contributed by atoms with Gasteiger partial charge in [0.1, 0.15) is 41.4 Å². The van der Waals surface area contributed by atoms with E-state index in [1.165, 1.54) is 30.5 Å². The zero-order chi connectivity index (χ0) is 30.0. The Hall–Kier alpha value is -4.61. The average Bonchev–Trinajstić information content (AvgIpc) is 3.59. The molecule has 4 heterocycles. The lowest BCUT2D eigenvalue weighted by Gasteiger charge is -2.31. The molecule has 1 N–H and O–H groups in total. The Morgan fingerprint density at radius 3 is 2.88 bits per heavy atom. The predicted octanol–water partition coefficient (Wildman–Crippen LogP) is 5.11. The molecule has 1 saturated carbocycles. The molecule has 0 amide bonds. The van der Waals surface area contributed by atoms with Gasteiger partial charge in [0.2, 0.25) is 0 Å². The van der Waals surface area contributed by atoms with Gasteiger partial charge in [0.05, 0.1) is 28.5 Å². The van der Waals surface area contributed by atoms with Crippen molar-refractivity contribution >= 4 is 27.5 Å². The van der Waals surface area contributed by atoms with Gasteiger partial charge in [-0.25, -0.2) is 13.2 Å². The fourth-order valence-electron chi connectivity index (χ4n) is 6.85. The van der Waals surface area contributed by atoms with Crippen LogP contribution in [-0.2, 0) is 0 Å². The maximum atomic E-state index is 16.6. The van der Waals surface area contributed by atoms with Crippen molar-refractivity contribution in [2.24, 2.45) is 5.92 Å². The second-order valence-electron chi connectivity index (χ2n) is 11.7. The summed E-state index contributed by atoms with van der Waals surface area (Å²) in [6.07, 6.45) is 8.80. The van der Waals surface area contributed by atoms with E-state index in [1.54, 1.807) is 11.9 Å². The van der Waals surface area contributed by atoms with E-state index < -0.39 is 23.3 Å². The van der Waals surface area contributed by atoms with Crippen molar-refractivity contribution in [2.45, 2.75) is 43.4 Å². The van der Waals surface area contributed by atoms with Crippen molar-refractivity contribution in [1.29, 1.82) is 5.26 Å². The van der Waals surface area contributed by atoms with Gasteiger partial charge >= 0.3 is 6.01 Å². The van der Waals surface area contributed by atoms with Crippen LogP contribution in [0.3, 0.4) is 0 Å². The van der Waals surface area contributed by atoms with E-state index in [0.29, 0.717) is 30.6 Å². The quantitative estimate of drug-likeness (QED) is 0.312.